The smallest absolute Gasteiger partial charge is 0.406 e. The third-order valence-electron chi connectivity index (χ3n) is 2.74. The molecule has 0 radical (unpaired) electrons. The van der Waals surface area contributed by atoms with Crippen molar-refractivity contribution >= 4 is 24.1 Å². The average Bonchev–Trinajstić information content (AvgIpc) is 2.40. The third-order valence-corrected chi connectivity index (χ3v) is 2.74. The summed E-state index contributed by atoms with van der Waals surface area (Å²) in [5.41, 5.74) is 0.419. The van der Waals surface area contributed by atoms with Gasteiger partial charge in [0.05, 0.1) is 0 Å². The molecule has 1 heterocycles. The van der Waals surface area contributed by atoms with Crippen molar-refractivity contribution in [2.75, 3.05) is 31.5 Å². The first-order valence-electron chi connectivity index (χ1n) is 6.06. The standard InChI is InChI=1S/C12H14F3N3O2.ClH/c13-12(14,15)20-10-3-1-9(2-4-10)17-11(19)18-7-5-16-6-8-18;/h1-4,16H,5-8H2,(H,17,19);1H. The SMILES string of the molecule is Cl.O=C(Nc1ccc(OC(F)(F)F)cc1)N1CCNCC1. The van der Waals surface area contributed by atoms with Crippen LogP contribution in [0.2, 0.25) is 0 Å². The monoisotopic (exact) mass is 325 g/mol. The zero-order chi connectivity index (χ0) is 14.6. The molecule has 0 unspecified atom stereocenters. The van der Waals surface area contributed by atoms with Gasteiger partial charge in [0, 0.05) is 31.9 Å². The van der Waals surface area contributed by atoms with Gasteiger partial charge in [-0.3, -0.25) is 0 Å². The van der Waals surface area contributed by atoms with Crippen LogP contribution in [-0.4, -0.2) is 43.5 Å². The van der Waals surface area contributed by atoms with E-state index in [9.17, 15) is 18.0 Å². The number of piperazine rings is 1. The summed E-state index contributed by atoms with van der Waals surface area (Å²) in [7, 11) is 0. The van der Waals surface area contributed by atoms with Crippen LogP contribution in [0.4, 0.5) is 23.7 Å². The molecule has 0 bridgehead atoms. The van der Waals surface area contributed by atoms with Gasteiger partial charge in [0.15, 0.2) is 0 Å². The molecule has 21 heavy (non-hydrogen) atoms. The first-order chi connectivity index (χ1) is 9.44. The Balaban J connectivity index is 0.00000220. The van der Waals surface area contributed by atoms with Gasteiger partial charge >= 0.3 is 12.4 Å². The summed E-state index contributed by atoms with van der Waals surface area (Å²) < 4.78 is 39.7. The second-order valence-electron chi connectivity index (χ2n) is 4.24. The van der Waals surface area contributed by atoms with Gasteiger partial charge in [-0.05, 0) is 24.3 Å². The van der Waals surface area contributed by atoms with Gasteiger partial charge in [0.25, 0.3) is 0 Å². The summed E-state index contributed by atoms with van der Waals surface area (Å²) in [5.74, 6) is -0.322. The number of urea groups is 1. The molecule has 0 aliphatic carbocycles. The molecule has 9 heteroatoms. The number of alkyl halides is 3. The van der Waals surface area contributed by atoms with E-state index in [0.29, 0.717) is 18.8 Å². The second-order valence-corrected chi connectivity index (χ2v) is 4.24. The van der Waals surface area contributed by atoms with E-state index in [-0.39, 0.29) is 24.2 Å². The van der Waals surface area contributed by atoms with Crippen molar-refractivity contribution in [2.24, 2.45) is 0 Å². The van der Waals surface area contributed by atoms with Crippen molar-refractivity contribution < 1.29 is 22.7 Å². The van der Waals surface area contributed by atoms with Gasteiger partial charge in [-0.1, -0.05) is 0 Å². The van der Waals surface area contributed by atoms with Gasteiger partial charge in [-0.2, -0.15) is 0 Å². The molecule has 118 valence electrons. The van der Waals surface area contributed by atoms with Crippen molar-refractivity contribution in [3.8, 4) is 5.75 Å². The number of halogens is 4. The summed E-state index contributed by atoms with van der Waals surface area (Å²) in [4.78, 5) is 13.5. The number of carbonyl (C=O) groups is 1. The molecule has 0 saturated carbocycles. The van der Waals surface area contributed by atoms with Gasteiger partial charge < -0.3 is 20.3 Å². The van der Waals surface area contributed by atoms with E-state index < -0.39 is 6.36 Å². The maximum atomic E-state index is 12.0. The lowest BCUT2D eigenvalue weighted by Gasteiger charge is -2.27. The Kier molecular flexibility index (Phi) is 6.10. The number of anilines is 1. The summed E-state index contributed by atoms with van der Waals surface area (Å²) in [6.07, 6.45) is -4.72. The Hall–Kier alpha value is -1.67. The fourth-order valence-electron chi connectivity index (χ4n) is 1.81. The van der Waals surface area contributed by atoms with Crippen LogP contribution in [0.15, 0.2) is 24.3 Å². The van der Waals surface area contributed by atoms with Crippen LogP contribution in [0.1, 0.15) is 0 Å². The molecule has 1 aliphatic rings. The van der Waals surface area contributed by atoms with Crippen LogP contribution in [0.3, 0.4) is 0 Å². The number of carbonyl (C=O) groups excluding carboxylic acids is 1. The highest BCUT2D eigenvalue weighted by molar-refractivity contribution is 5.89. The molecule has 0 atom stereocenters. The van der Waals surface area contributed by atoms with E-state index in [1.54, 1.807) is 4.90 Å². The summed E-state index contributed by atoms with van der Waals surface area (Å²) in [6, 6.07) is 4.76. The van der Waals surface area contributed by atoms with E-state index in [0.717, 1.165) is 25.2 Å². The van der Waals surface area contributed by atoms with Crippen LogP contribution in [0.5, 0.6) is 5.75 Å². The van der Waals surface area contributed by atoms with Crippen LogP contribution in [-0.2, 0) is 0 Å². The molecular weight excluding hydrogens is 311 g/mol. The highest BCUT2D eigenvalue weighted by Crippen LogP contribution is 2.24. The normalized spacial score (nSPS) is 15.1. The number of benzene rings is 1. The highest BCUT2D eigenvalue weighted by Gasteiger charge is 2.31. The first kappa shape index (κ1) is 17.4. The molecule has 1 fully saturated rings. The largest absolute Gasteiger partial charge is 0.573 e. The number of hydrogen-bond donors (Lipinski definition) is 2. The second kappa shape index (κ2) is 7.37. The van der Waals surface area contributed by atoms with Crippen LogP contribution < -0.4 is 15.4 Å². The van der Waals surface area contributed by atoms with Gasteiger partial charge in [0.1, 0.15) is 5.75 Å². The van der Waals surface area contributed by atoms with Gasteiger partial charge in [-0.25, -0.2) is 4.79 Å². The molecule has 2 amide bonds. The minimum atomic E-state index is -4.72. The quantitative estimate of drug-likeness (QED) is 0.878. The van der Waals surface area contributed by atoms with Crippen molar-refractivity contribution in [3.63, 3.8) is 0 Å². The lowest BCUT2D eigenvalue weighted by atomic mass is 10.3. The average molecular weight is 326 g/mol. The Morgan fingerprint density at radius 1 is 1.19 bits per heavy atom. The van der Waals surface area contributed by atoms with Crippen LogP contribution in [0.25, 0.3) is 0 Å². The van der Waals surface area contributed by atoms with E-state index in [1.165, 1.54) is 12.1 Å². The topological polar surface area (TPSA) is 53.6 Å². The minimum Gasteiger partial charge on any atom is -0.406 e. The lowest BCUT2D eigenvalue weighted by molar-refractivity contribution is -0.274. The molecule has 1 aromatic carbocycles. The molecule has 0 spiro atoms. The predicted molar refractivity (Wildman–Crippen MR) is 73.8 cm³/mol. The number of ether oxygens (including phenoxy) is 1. The highest BCUT2D eigenvalue weighted by atomic mass is 35.5. The fourth-order valence-corrected chi connectivity index (χ4v) is 1.81. The predicted octanol–water partition coefficient (Wildman–Crippen LogP) is 2.44. The maximum absolute atomic E-state index is 12.0. The van der Waals surface area contributed by atoms with Gasteiger partial charge in [0.2, 0.25) is 0 Å². The zero-order valence-electron chi connectivity index (χ0n) is 10.9. The fraction of sp³-hybridized carbons (Fsp3) is 0.417. The minimum absolute atomic E-state index is 0. The Bertz CT molecular complexity index is 462. The molecule has 1 aliphatic heterocycles. The molecular formula is C12H15ClF3N3O2. The van der Waals surface area contributed by atoms with Crippen molar-refractivity contribution in [3.05, 3.63) is 24.3 Å². The summed E-state index contributed by atoms with van der Waals surface area (Å²) >= 11 is 0. The molecule has 2 N–H and O–H groups in total. The molecule has 0 aromatic heterocycles. The third kappa shape index (κ3) is 5.68. The number of rotatable bonds is 2. The molecule has 1 saturated heterocycles. The van der Waals surface area contributed by atoms with Crippen molar-refractivity contribution in [1.29, 1.82) is 0 Å². The first-order valence-corrected chi connectivity index (χ1v) is 6.06. The van der Waals surface area contributed by atoms with Crippen LogP contribution >= 0.6 is 12.4 Å². The van der Waals surface area contributed by atoms with E-state index in [2.05, 4.69) is 15.4 Å². The van der Waals surface area contributed by atoms with Crippen LogP contribution in [0, 0.1) is 0 Å². The zero-order valence-corrected chi connectivity index (χ0v) is 11.8. The summed E-state index contributed by atoms with van der Waals surface area (Å²) in [6.45, 7) is 2.65. The molecule has 2 rings (SSSR count). The Morgan fingerprint density at radius 2 is 1.76 bits per heavy atom. The van der Waals surface area contributed by atoms with Crippen molar-refractivity contribution in [1.82, 2.24) is 10.2 Å². The summed E-state index contributed by atoms with van der Waals surface area (Å²) in [5, 5.41) is 5.74. The van der Waals surface area contributed by atoms with Crippen molar-refractivity contribution in [2.45, 2.75) is 6.36 Å². The Morgan fingerprint density at radius 3 is 2.29 bits per heavy atom. The number of amides is 2. The van der Waals surface area contributed by atoms with Gasteiger partial charge in [-0.15, -0.1) is 25.6 Å². The number of nitrogens with zero attached hydrogens (tertiary/aromatic N) is 1. The van der Waals surface area contributed by atoms with E-state index in [1.807, 2.05) is 0 Å². The molecule has 5 nitrogen and oxygen atoms in total. The number of nitrogens with one attached hydrogen (secondary N) is 2. The van der Waals surface area contributed by atoms with E-state index >= 15 is 0 Å². The van der Waals surface area contributed by atoms with E-state index in [4.69, 9.17) is 0 Å². The molecule has 1 aromatic rings. The lowest BCUT2D eigenvalue weighted by Crippen LogP contribution is -2.48. The maximum Gasteiger partial charge on any atom is 0.573 e. The number of hydrogen-bond acceptors (Lipinski definition) is 3. The Labute approximate surface area is 125 Å².